The molecule has 106 valence electrons. The molecule has 1 amide bonds. The Bertz CT molecular complexity index is 611. The van der Waals surface area contributed by atoms with Crippen LogP contribution in [0.3, 0.4) is 0 Å². The number of aromatic nitrogens is 2. The van der Waals surface area contributed by atoms with Gasteiger partial charge in [0.25, 0.3) is 0 Å². The van der Waals surface area contributed by atoms with Gasteiger partial charge in [-0.3, -0.25) is 14.3 Å². The molecular weight excluding hydrogens is 258 g/mol. The van der Waals surface area contributed by atoms with Crippen LogP contribution in [0.5, 0.6) is 0 Å². The SMILES string of the molecule is O=C([C@@H]1C[C@@H]2C=C[C@H]1CC2)N1CC(c2noc(=O)[nH]2)C1. The lowest BCUT2D eigenvalue weighted by atomic mass is 9.68. The van der Waals surface area contributed by atoms with Crippen LogP contribution in [-0.4, -0.2) is 34.0 Å². The number of hydrogen-bond acceptors (Lipinski definition) is 4. The molecule has 1 aliphatic heterocycles. The highest BCUT2D eigenvalue weighted by atomic mass is 16.5. The molecule has 6 heteroatoms. The molecule has 4 aliphatic rings. The van der Waals surface area contributed by atoms with Crippen LogP contribution in [0.1, 0.15) is 31.0 Å². The number of amides is 1. The fourth-order valence-electron chi connectivity index (χ4n) is 3.70. The van der Waals surface area contributed by atoms with Crippen molar-refractivity contribution in [3.63, 3.8) is 0 Å². The molecule has 1 saturated heterocycles. The molecule has 5 rings (SSSR count). The molecule has 3 atom stereocenters. The summed E-state index contributed by atoms with van der Waals surface area (Å²) in [7, 11) is 0. The van der Waals surface area contributed by atoms with Crippen molar-refractivity contribution < 1.29 is 9.32 Å². The summed E-state index contributed by atoms with van der Waals surface area (Å²) in [6.45, 7) is 1.28. The second-order valence-electron chi connectivity index (χ2n) is 6.15. The van der Waals surface area contributed by atoms with Crippen molar-refractivity contribution in [1.29, 1.82) is 0 Å². The monoisotopic (exact) mass is 275 g/mol. The number of fused-ring (bicyclic) bond motifs is 2. The minimum absolute atomic E-state index is 0.113. The molecule has 1 aromatic heterocycles. The topological polar surface area (TPSA) is 79.2 Å². The van der Waals surface area contributed by atoms with Crippen molar-refractivity contribution in [2.45, 2.75) is 25.2 Å². The molecule has 1 aromatic rings. The van der Waals surface area contributed by atoms with Crippen LogP contribution < -0.4 is 5.76 Å². The van der Waals surface area contributed by atoms with Crippen LogP contribution in [0, 0.1) is 17.8 Å². The summed E-state index contributed by atoms with van der Waals surface area (Å²) in [5.41, 5.74) is 0. The van der Waals surface area contributed by atoms with E-state index < -0.39 is 5.76 Å². The third kappa shape index (κ3) is 1.82. The van der Waals surface area contributed by atoms with Gasteiger partial charge in [-0.2, -0.15) is 0 Å². The minimum Gasteiger partial charge on any atom is -0.341 e. The minimum atomic E-state index is -0.528. The highest BCUT2D eigenvalue weighted by molar-refractivity contribution is 5.80. The molecular formula is C14H17N3O3. The summed E-state index contributed by atoms with van der Waals surface area (Å²) >= 11 is 0. The van der Waals surface area contributed by atoms with Crippen molar-refractivity contribution in [3.8, 4) is 0 Å². The maximum absolute atomic E-state index is 12.5. The zero-order valence-corrected chi connectivity index (χ0v) is 11.1. The van der Waals surface area contributed by atoms with Crippen molar-refractivity contribution in [2.24, 2.45) is 17.8 Å². The Balaban J connectivity index is 1.40. The Morgan fingerprint density at radius 1 is 1.35 bits per heavy atom. The number of likely N-dealkylation sites (tertiary alicyclic amines) is 1. The second-order valence-corrected chi connectivity index (χ2v) is 6.15. The van der Waals surface area contributed by atoms with Crippen molar-refractivity contribution in [3.05, 3.63) is 28.5 Å². The third-order valence-corrected chi connectivity index (χ3v) is 4.93. The van der Waals surface area contributed by atoms with E-state index in [4.69, 9.17) is 0 Å². The van der Waals surface area contributed by atoms with Gasteiger partial charge in [0.1, 0.15) is 0 Å². The number of aromatic amines is 1. The van der Waals surface area contributed by atoms with Gasteiger partial charge < -0.3 is 4.90 Å². The van der Waals surface area contributed by atoms with E-state index >= 15 is 0 Å². The Morgan fingerprint density at radius 3 is 2.75 bits per heavy atom. The smallest absolute Gasteiger partial charge is 0.341 e. The van der Waals surface area contributed by atoms with Gasteiger partial charge in [-0.1, -0.05) is 17.3 Å². The van der Waals surface area contributed by atoms with Crippen LogP contribution >= 0.6 is 0 Å². The lowest BCUT2D eigenvalue weighted by Crippen LogP contribution is -2.53. The van der Waals surface area contributed by atoms with Gasteiger partial charge in [-0.15, -0.1) is 0 Å². The first kappa shape index (κ1) is 11.9. The lowest BCUT2D eigenvalue weighted by molar-refractivity contribution is -0.143. The van der Waals surface area contributed by atoms with E-state index in [2.05, 4.69) is 26.8 Å². The van der Waals surface area contributed by atoms with E-state index in [1.54, 1.807) is 0 Å². The molecule has 1 saturated carbocycles. The molecule has 6 nitrogen and oxygen atoms in total. The Kier molecular flexibility index (Phi) is 2.58. The van der Waals surface area contributed by atoms with Gasteiger partial charge in [0.05, 0.1) is 5.92 Å². The average molecular weight is 275 g/mol. The lowest BCUT2D eigenvalue weighted by Gasteiger charge is -2.44. The number of nitrogens with zero attached hydrogens (tertiary/aromatic N) is 2. The fraction of sp³-hybridized carbons (Fsp3) is 0.643. The van der Waals surface area contributed by atoms with E-state index in [1.165, 1.54) is 6.42 Å². The average Bonchev–Trinajstić information content (AvgIpc) is 2.84. The molecule has 0 radical (unpaired) electrons. The van der Waals surface area contributed by atoms with Crippen LogP contribution in [0.2, 0.25) is 0 Å². The largest absolute Gasteiger partial charge is 0.438 e. The van der Waals surface area contributed by atoms with E-state index in [9.17, 15) is 9.59 Å². The first-order valence-corrected chi connectivity index (χ1v) is 7.23. The van der Waals surface area contributed by atoms with Gasteiger partial charge in [-0.05, 0) is 31.1 Å². The van der Waals surface area contributed by atoms with E-state index in [1.807, 2.05) is 4.90 Å². The number of nitrogens with one attached hydrogen (secondary N) is 1. The predicted octanol–water partition coefficient (Wildman–Crippen LogP) is 0.891. The van der Waals surface area contributed by atoms with Crippen LogP contribution in [0.4, 0.5) is 0 Å². The maximum atomic E-state index is 12.5. The maximum Gasteiger partial charge on any atom is 0.438 e. The first-order chi connectivity index (χ1) is 9.70. The van der Waals surface area contributed by atoms with Crippen molar-refractivity contribution >= 4 is 5.91 Å². The van der Waals surface area contributed by atoms with Gasteiger partial charge in [0, 0.05) is 19.0 Å². The van der Waals surface area contributed by atoms with Crippen LogP contribution in [-0.2, 0) is 4.79 Å². The van der Waals surface area contributed by atoms with E-state index in [0.29, 0.717) is 30.7 Å². The molecule has 20 heavy (non-hydrogen) atoms. The van der Waals surface area contributed by atoms with Crippen molar-refractivity contribution in [1.82, 2.24) is 15.0 Å². The van der Waals surface area contributed by atoms with Gasteiger partial charge >= 0.3 is 5.76 Å². The predicted molar refractivity (Wildman–Crippen MR) is 69.9 cm³/mol. The molecule has 0 spiro atoms. The molecule has 2 bridgehead atoms. The molecule has 2 heterocycles. The normalized spacial score (nSPS) is 32.4. The zero-order valence-electron chi connectivity index (χ0n) is 11.1. The number of H-pyrrole nitrogens is 1. The van der Waals surface area contributed by atoms with Gasteiger partial charge in [0.15, 0.2) is 5.82 Å². The van der Waals surface area contributed by atoms with Crippen LogP contribution in [0.25, 0.3) is 0 Å². The molecule has 3 aliphatic carbocycles. The van der Waals surface area contributed by atoms with Crippen LogP contribution in [0.15, 0.2) is 21.5 Å². The highest BCUT2D eigenvalue weighted by Crippen LogP contribution is 2.42. The summed E-state index contributed by atoms with van der Waals surface area (Å²) in [6, 6.07) is 0. The second kappa shape index (κ2) is 4.33. The number of carbonyl (C=O) groups excluding carboxylic acids is 1. The molecule has 2 fully saturated rings. The highest BCUT2D eigenvalue weighted by Gasteiger charge is 2.42. The number of allylic oxidation sites excluding steroid dienone is 2. The Morgan fingerprint density at radius 2 is 2.20 bits per heavy atom. The third-order valence-electron chi connectivity index (χ3n) is 4.93. The van der Waals surface area contributed by atoms with Crippen molar-refractivity contribution in [2.75, 3.05) is 13.1 Å². The van der Waals surface area contributed by atoms with E-state index in [0.717, 1.165) is 12.8 Å². The first-order valence-electron chi connectivity index (χ1n) is 7.23. The summed E-state index contributed by atoms with van der Waals surface area (Å²) in [5, 5.41) is 3.69. The fourth-order valence-corrected chi connectivity index (χ4v) is 3.70. The number of carbonyl (C=O) groups is 1. The standard InChI is InChI=1S/C14H17N3O3/c18-13(11-5-8-1-3-9(11)4-2-8)17-6-10(7-17)12-15-14(19)20-16-12/h1,3,8-11H,2,4-7H2,(H,15,16,19)/t8-,9+,11-/m1/s1. The Hall–Kier alpha value is -1.85. The summed E-state index contributed by atoms with van der Waals surface area (Å²) < 4.78 is 4.50. The van der Waals surface area contributed by atoms with E-state index in [-0.39, 0.29) is 17.7 Å². The molecule has 0 unspecified atom stereocenters. The summed E-state index contributed by atoms with van der Waals surface area (Å²) in [6.07, 6.45) is 7.88. The molecule has 1 N–H and O–H groups in total. The summed E-state index contributed by atoms with van der Waals surface area (Å²) in [5.74, 6) is 1.60. The Labute approximate surface area is 115 Å². The summed E-state index contributed by atoms with van der Waals surface area (Å²) in [4.78, 5) is 27.9. The van der Waals surface area contributed by atoms with Gasteiger partial charge in [-0.25, -0.2) is 4.79 Å². The quantitative estimate of drug-likeness (QED) is 0.813. The number of hydrogen-bond donors (Lipinski definition) is 1. The van der Waals surface area contributed by atoms with Gasteiger partial charge in [0.2, 0.25) is 5.91 Å². The number of rotatable bonds is 2. The molecule has 0 aromatic carbocycles. The zero-order chi connectivity index (χ0) is 13.7.